The molecule has 10 heteroatoms. The predicted molar refractivity (Wildman–Crippen MR) is 150 cm³/mol. The maximum atomic E-state index is 13.5. The molecule has 1 amide bonds. The number of benzene rings is 2. The van der Waals surface area contributed by atoms with Crippen LogP contribution in [-0.2, 0) is 27.8 Å². The lowest BCUT2D eigenvalue weighted by molar-refractivity contribution is -0.198. The van der Waals surface area contributed by atoms with E-state index >= 15 is 0 Å². The van der Waals surface area contributed by atoms with Gasteiger partial charge >= 0.3 is 5.69 Å². The van der Waals surface area contributed by atoms with Gasteiger partial charge in [0.25, 0.3) is 11.5 Å². The van der Waals surface area contributed by atoms with E-state index in [2.05, 4.69) is 27.2 Å². The standard InChI is InChI=1S/C31H32N4O6/c1-35-14-12-30-24-19-7-8-20(25(24)41-26(30)22(36)9-11-31(30,40-2)23(35)15-19)27(37)32-13-10-17-3-5-18(6-4-17)21-16-33-29(39)34-28(21)38/h3-8,16,23,26H,9-15H2,1-2H3,(H,32,37)(H2,33,34,38,39)/t23-,26?,30+,31-/m1/s1. The number of ether oxygens (including phenoxy) is 2. The number of hydrogen-bond acceptors (Lipinski definition) is 7. The van der Waals surface area contributed by atoms with Gasteiger partial charge in [-0.2, -0.15) is 0 Å². The first-order valence-corrected chi connectivity index (χ1v) is 14.1. The summed E-state index contributed by atoms with van der Waals surface area (Å²) < 4.78 is 12.9. The Kier molecular flexibility index (Phi) is 5.85. The average Bonchev–Trinajstić information content (AvgIpc) is 3.32. The van der Waals surface area contributed by atoms with Gasteiger partial charge in [0.1, 0.15) is 5.75 Å². The summed E-state index contributed by atoms with van der Waals surface area (Å²) in [5.41, 5.74) is 2.53. The number of carbonyl (C=O) groups is 2. The number of rotatable bonds is 6. The molecular weight excluding hydrogens is 524 g/mol. The van der Waals surface area contributed by atoms with E-state index in [0.29, 0.717) is 48.2 Å². The number of hydrogen-bond donors (Lipinski definition) is 3. The molecule has 3 heterocycles. The maximum Gasteiger partial charge on any atom is 0.325 e. The quantitative estimate of drug-likeness (QED) is 0.421. The van der Waals surface area contributed by atoms with Crippen molar-refractivity contribution in [2.45, 2.75) is 55.3 Å². The van der Waals surface area contributed by atoms with Crippen LogP contribution in [0.15, 0.2) is 52.2 Å². The van der Waals surface area contributed by atoms with Gasteiger partial charge in [0.05, 0.1) is 22.1 Å². The summed E-state index contributed by atoms with van der Waals surface area (Å²) in [5.74, 6) is 0.392. The van der Waals surface area contributed by atoms with Crippen molar-refractivity contribution in [3.63, 3.8) is 0 Å². The third kappa shape index (κ3) is 3.56. The first-order valence-electron chi connectivity index (χ1n) is 14.1. The van der Waals surface area contributed by atoms with Crippen LogP contribution in [0.1, 0.15) is 46.3 Å². The lowest BCUT2D eigenvalue weighted by Crippen LogP contribution is -2.76. The summed E-state index contributed by atoms with van der Waals surface area (Å²) in [5, 5.41) is 3.03. The molecule has 2 aromatic carbocycles. The number of H-pyrrole nitrogens is 2. The number of piperidine rings is 1. The molecule has 10 nitrogen and oxygen atoms in total. The van der Waals surface area contributed by atoms with E-state index in [1.165, 1.54) is 6.20 Å². The lowest BCUT2D eigenvalue weighted by atomic mass is 9.49. The first-order chi connectivity index (χ1) is 19.8. The van der Waals surface area contributed by atoms with Gasteiger partial charge in [-0.25, -0.2) is 4.79 Å². The smallest absolute Gasteiger partial charge is 0.325 e. The van der Waals surface area contributed by atoms with Crippen molar-refractivity contribution in [3.8, 4) is 16.9 Å². The molecule has 2 bridgehead atoms. The number of nitrogens with one attached hydrogen (secondary N) is 3. The van der Waals surface area contributed by atoms with Gasteiger partial charge in [-0.1, -0.05) is 30.3 Å². The molecule has 1 spiro atoms. The Labute approximate surface area is 236 Å². The first kappa shape index (κ1) is 25.9. The average molecular weight is 557 g/mol. The summed E-state index contributed by atoms with van der Waals surface area (Å²) in [6.07, 6.45) is 3.95. The van der Waals surface area contributed by atoms with E-state index in [-0.39, 0.29) is 17.7 Å². The van der Waals surface area contributed by atoms with Crippen LogP contribution in [0.25, 0.3) is 11.1 Å². The number of aromatic amines is 2. The molecule has 2 aliphatic carbocycles. The highest BCUT2D eigenvalue weighted by Gasteiger charge is 2.73. The Morgan fingerprint density at radius 1 is 1.15 bits per heavy atom. The molecule has 2 fully saturated rings. The minimum absolute atomic E-state index is 0.0867. The van der Waals surface area contributed by atoms with Crippen LogP contribution in [0.4, 0.5) is 0 Å². The SMILES string of the molecule is CO[C@@]12CCC(=O)C3Oc4c(C(=O)NCCc5ccc(-c6c[nH]c(=O)[nH]c6=O)cc5)ccc5c4[C@@]31CCN(C)[C@@H]2C5. The van der Waals surface area contributed by atoms with E-state index in [1.54, 1.807) is 7.11 Å². The minimum atomic E-state index is -0.636. The van der Waals surface area contributed by atoms with Crippen LogP contribution in [0, 0.1) is 0 Å². The molecule has 0 radical (unpaired) electrons. The Hall–Kier alpha value is -4.02. The third-order valence-corrected chi connectivity index (χ3v) is 9.90. The topological polar surface area (TPSA) is 134 Å². The third-order valence-electron chi connectivity index (χ3n) is 9.90. The number of likely N-dealkylation sites (tertiary alicyclic amines) is 1. The second kappa shape index (κ2) is 9.25. The molecule has 4 aliphatic rings. The number of amides is 1. The molecule has 212 valence electrons. The lowest BCUT2D eigenvalue weighted by Gasteiger charge is -2.63. The van der Waals surface area contributed by atoms with Crippen molar-refractivity contribution in [2.24, 2.45) is 0 Å². The van der Waals surface area contributed by atoms with Crippen molar-refractivity contribution >= 4 is 11.7 Å². The number of Topliss-reactive ketones (excluding diaryl/α,β-unsaturated/α-hetero) is 1. The molecule has 41 heavy (non-hydrogen) atoms. The fraction of sp³-hybridized carbons (Fsp3) is 0.419. The molecule has 7 rings (SSSR count). The normalized spacial score (nSPS) is 27.7. The van der Waals surface area contributed by atoms with E-state index in [0.717, 1.165) is 36.1 Å². The van der Waals surface area contributed by atoms with Crippen LogP contribution < -0.4 is 21.3 Å². The summed E-state index contributed by atoms with van der Waals surface area (Å²) in [6, 6.07) is 11.4. The molecule has 2 aliphatic heterocycles. The molecular formula is C31H32N4O6. The van der Waals surface area contributed by atoms with Crippen LogP contribution in [-0.4, -0.2) is 71.6 Å². The van der Waals surface area contributed by atoms with Crippen molar-refractivity contribution < 1.29 is 19.1 Å². The zero-order valence-electron chi connectivity index (χ0n) is 23.0. The van der Waals surface area contributed by atoms with Gasteiger partial charge in [-0.05, 0) is 62.0 Å². The van der Waals surface area contributed by atoms with E-state index in [1.807, 2.05) is 36.4 Å². The second-order valence-electron chi connectivity index (χ2n) is 11.6. The minimum Gasteiger partial charge on any atom is -0.480 e. The van der Waals surface area contributed by atoms with Gasteiger partial charge in [-0.15, -0.1) is 0 Å². The van der Waals surface area contributed by atoms with Crippen molar-refractivity contribution in [1.82, 2.24) is 20.2 Å². The molecule has 1 saturated carbocycles. The van der Waals surface area contributed by atoms with E-state index in [9.17, 15) is 19.2 Å². The molecule has 1 aromatic heterocycles. The van der Waals surface area contributed by atoms with Crippen LogP contribution in [0.3, 0.4) is 0 Å². The number of ketones is 1. The van der Waals surface area contributed by atoms with E-state index < -0.39 is 28.4 Å². The fourth-order valence-corrected chi connectivity index (χ4v) is 8.01. The van der Waals surface area contributed by atoms with Gasteiger partial charge in [0, 0.05) is 37.9 Å². The number of nitrogens with zero attached hydrogens (tertiary/aromatic N) is 1. The van der Waals surface area contributed by atoms with Crippen LogP contribution in [0.5, 0.6) is 5.75 Å². The Morgan fingerprint density at radius 2 is 1.95 bits per heavy atom. The molecule has 3 aromatic rings. The van der Waals surface area contributed by atoms with Crippen LogP contribution in [0.2, 0.25) is 0 Å². The highest BCUT2D eigenvalue weighted by Crippen LogP contribution is 2.64. The van der Waals surface area contributed by atoms with Crippen molar-refractivity contribution in [3.05, 3.63) is 85.7 Å². The largest absolute Gasteiger partial charge is 0.480 e. The summed E-state index contributed by atoms with van der Waals surface area (Å²) >= 11 is 0. The fourth-order valence-electron chi connectivity index (χ4n) is 8.01. The molecule has 3 N–H and O–H groups in total. The monoisotopic (exact) mass is 556 g/mol. The van der Waals surface area contributed by atoms with Crippen LogP contribution >= 0.6 is 0 Å². The Morgan fingerprint density at radius 3 is 2.71 bits per heavy atom. The highest BCUT2D eigenvalue weighted by atomic mass is 16.5. The van der Waals surface area contributed by atoms with Crippen molar-refractivity contribution in [1.29, 1.82) is 0 Å². The summed E-state index contributed by atoms with van der Waals surface area (Å²) in [6.45, 7) is 1.24. The zero-order chi connectivity index (χ0) is 28.5. The molecule has 1 unspecified atom stereocenters. The number of aromatic nitrogens is 2. The number of carbonyl (C=O) groups excluding carboxylic acids is 2. The second-order valence-corrected chi connectivity index (χ2v) is 11.6. The summed E-state index contributed by atoms with van der Waals surface area (Å²) in [4.78, 5) is 57.2. The molecule has 4 atom stereocenters. The van der Waals surface area contributed by atoms with E-state index in [4.69, 9.17) is 9.47 Å². The Balaban J connectivity index is 1.13. The predicted octanol–water partition coefficient (Wildman–Crippen LogP) is 1.71. The van der Waals surface area contributed by atoms with Gasteiger partial charge in [0.2, 0.25) is 0 Å². The number of methoxy groups -OCH3 is 1. The zero-order valence-corrected chi connectivity index (χ0v) is 23.0. The highest BCUT2D eigenvalue weighted by molar-refractivity contribution is 5.99. The summed E-state index contributed by atoms with van der Waals surface area (Å²) in [7, 11) is 3.88. The Bertz CT molecular complexity index is 1690. The van der Waals surface area contributed by atoms with Gasteiger partial charge in [-0.3, -0.25) is 19.4 Å². The van der Waals surface area contributed by atoms with Crippen molar-refractivity contribution in [2.75, 3.05) is 27.2 Å². The maximum absolute atomic E-state index is 13.5. The molecule has 1 saturated heterocycles. The van der Waals surface area contributed by atoms with Gasteiger partial charge < -0.3 is 24.7 Å². The number of likely N-dealkylation sites (N-methyl/N-ethyl adjacent to an activating group) is 1. The van der Waals surface area contributed by atoms with Gasteiger partial charge in [0.15, 0.2) is 11.9 Å².